The molecular weight excluding hydrogens is 307 g/mol. The van der Waals surface area contributed by atoms with E-state index in [4.69, 9.17) is 0 Å². The average Bonchev–Trinajstić information content (AvgIpc) is 2.51. The van der Waals surface area contributed by atoms with Crippen LogP contribution in [0.1, 0.15) is 42.5 Å². The van der Waals surface area contributed by atoms with E-state index in [-0.39, 0.29) is 5.16 Å². The van der Waals surface area contributed by atoms with Gasteiger partial charge < -0.3 is 5.11 Å². The number of hydrogen-bond acceptors (Lipinski definition) is 2. The minimum atomic E-state index is -0.0525. The highest BCUT2D eigenvalue weighted by Gasteiger charge is 2.29. The Balaban J connectivity index is 2.46. The fourth-order valence-corrected chi connectivity index (χ4v) is 4.73. The third kappa shape index (κ3) is 3.50. The maximum absolute atomic E-state index is 10.5. The lowest BCUT2D eigenvalue weighted by atomic mass is 9.94. The van der Waals surface area contributed by atoms with Crippen molar-refractivity contribution in [1.82, 2.24) is 0 Å². The molecule has 0 bridgehead atoms. The van der Waals surface area contributed by atoms with E-state index in [1.807, 2.05) is 19.1 Å². The van der Waals surface area contributed by atoms with Crippen LogP contribution in [-0.4, -0.2) is 5.11 Å². The first-order chi connectivity index (χ1) is 10.4. The molecule has 2 aromatic carbocycles. The Morgan fingerprint density at radius 2 is 1.91 bits per heavy atom. The van der Waals surface area contributed by atoms with Gasteiger partial charge in [-0.25, -0.2) is 0 Å². The van der Waals surface area contributed by atoms with Crippen LogP contribution in [0.4, 0.5) is 0 Å². The van der Waals surface area contributed by atoms with Crippen molar-refractivity contribution in [2.75, 3.05) is 0 Å². The molecule has 2 unspecified atom stereocenters. The van der Waals surface area contributed by atoms with E-state index in [1.54, 1.807) is 0 Å². The Hall–Kier alpha value is -0.980. The van der Waals surface area contributed by atoms with Crippen molar-refractivity contribution in [3.05, 3.63) is 58.7 Å². The molecule has 118 valence electrons. The van der Waals surface area contributed by atoms with Gasteiger partial charge in [0.25, 0.3) is 0 Å². The maximum atomic E-state index is 10.5. The largest absolute Gasteiger partial charge is 0.507 e. The van der Waals surface area contributed by atoms with Crippen LogP contribution in [0.2, 0.25) is 0 Å². The molecule has 0 heterocycles. The van der Waals surface area contributed by atoms with Crippen LogP contribution in [0.3, 0.4) is 0 Å². The monoisotopic (exact) mass is 332 g/mol. The number of phenols is 1. The molecule has 0 aliphatic carbocycles. The third-order valence-electron chi connectivity index (χ3n) is 4.38. The second-order valence-corrected chi connectivity index (χ2v) is 8.31. The summed E-state index contributed by atoms with van der Waals surface area (Å²) in [6.45, 7) is 8.53. The van der Waals surface area contributed by atoms with E-state index in [0.29, 0.717) is 14.3 Å². The molecule has 2 aromatic rings. The quantitative estimate of drug-likeness (QED) is 0.579. The summed E-state index contributed by atoms with van der Waals surface area (Å²) in [5.74, 6) is 1.20. The van der Waals surface area contributed by atoms with Gasteiger partial charge in [0.15, 0.2) is 0 Å². The van der Waals surface area contributed by atoms with E-state index in [2.05, 4.69) is 57.7 Å². The Labute approximate surface area is 141 Å². The van der Waals surface area contributed by atoms with Crippen LogP contribution in [0.5, 0.6) is 5.75 Å². The highest BCUT2D eigenvalue weighted by Crippen LogP contribution is 2.48. The highest BCUT2D eigenvalue weighted by atomic mass is 32.1. The van der Waals surface area contributed by atoms with Crippen LogP contribution in [-0.2, 0) is 10.9 Å². The van der Waals surface area contributed by atoms with Gasteiger partial charge in [-0.2, -0.15) is 12.6 Å². The van der Waals surface area contributed by atoms with Crippen LogP contribution < -0.4 is 5.30 Å². The van der Waals surface area contributed by atoms with E-state index in [0.717, 1.165) is 23.3 Å². The van der Waals surface area contributed by atoms with Gasteiger partial charge in [0, 0.05) is 16.5 Å². The molecule has 0 spiro atoms. The Morgan fingerprint density at radius 3 is 2.55 bits per heavy atom. The van der Waals surface area contributed by atoms with Gasteiger partial charge in [0.2, 0.25) is 0 Å². The van der Waals surface area contributed by atoms with Gasteiger partial charge in [0.1, 0.15) is 5.75 Å². The van der Waals surface area contributed by atoms with E-state index in [1.165, 1.54) is 16.4 Å². The van der Waals surface area contributed by atoms with Gasteiger partial charge in [-0.15, -0.1) is 0 Å². The Kier molecular flexibility index (Phi) is 5.58. The van der Waals surface area contributed by atoms with E-state index >= 15 is 0 Å². The number of phenolic OH excluding ortho intramolecular Hbond substituents is 1. The summed E-state index contributed by atoms with van der Waals surface area (Å²) in [6, 6.07) is 12.7. The topological polar surface area (TPSA) is 20.2 Å². The summed E-state index contributed by atoms with van der Waals surface area (Å²) in [5, 5.41) is 11.8. The summed E-state index contributed by atoms with van der Waals surface area (Å²) in [7, 11) is 0.612. The summed E-state index contributed by atoms with van der Waals surface area (Å²) >= 11 is 4.49. The van der Waals surface area contributed by atoms with E-state index < -0.39 is 0 Å². The van der Waals surface area contributed by atoms with Gasteiger partial charge in [-0.1, -0.05) is 64.4 Å². The summed E-state index contributed by atoms with van der Waals surface area (Å²) in [5.41, 5.74) is 4.57. The number of aryl methyl sites for hydroxylation is 2. The SMILES string of the molecule is CCC(C)(Pc1ccc(C)cc1CS)c1cccc(C)c1O. The zero-order valence-corrected chi connectivity index (χ0v) is 15.7. The van der Waals surface area contributed by atoms with Crippen LogP contribution in [0.15, 0.2) is 36.4 Å². The predicted molar refractivity (Wildman–Crippen MR) is 102 cm³/mol. The smallest absolute Gasteiger partial charge is 0.122 e. The first-order valence-electron chi connectivity index (χ1n) is 7.69. The van der Waals surface area contributed by atoms with Crippen molar-refractivity contribution in [2.45, 2.75) is 45.0 Å². The zero-order valence-electron chi connectivity index (χ0n) is 13.8. The molecular formula is C19H25OPS. The molecule has 1 N–H and O–H groups in total. The number of hydrogen-bond donors (Lipinski definition) is 2. The lowest BCUT2D eigenvalue weighted by molar-refractivity contribution is 0.452. The Morgan fingerprint density at radius 1 is 1.18 bits per heavy atom. The number of aromatic hydroxyl groups is 1. The second kappa shape index (κ2) is 7.06. The molecule has 0 aliphatic heterocycles. The molecule has 0 saturated carbocycles. The summed E-state index contributed by atoms with van der Waals surface area (Å²) < 4.78 is 0. The van der Waals surface area contributed by atoms with Crippen molar-refractivity contribution in [3.8, 4) is 5.75 Å². The molecule has 0 saturated heterocycles. The molecule has 3 heteroatoms. The normalized spacial score (nSPS) is 14.4. The highest BCUT2D eigenvalue weighted by molar-refractivity contribution is 7.79. The third-order valence-corrected chi connectivity index (χ3v) is 6.65. The molecule has 0 radical (unpaired) electrons. The minimum Gasteiger partial charge on any atom is -0.507 e. The summed E-state index contributed by atoms with van der Waals surface area (Å²) in [4.78, 5) is 0. The van der Waals surface area contributed by atoms with Crippen LogP contribution in [0, 0.1) is 13.8 Å². The van der Waals surface area contributed by atoms with Gasteiger partial charge in [0.05, 0.1) is 0 Å². The fourth-order valence-electron chi connectivity index (χ4n) is 2.72. The number of rotatable bonds is 5. The van der Waals surface area contributed by atoms with Gasteiger partial charge in [-0.3, -0.25) is 0 Å². The zero-order chi connectivity index (χ0) is 16.3. The summed E-state index contributed by atoms with van der Waals surface area (Å²) in [6.07, 6.45) is 0.988. The lowest BCUT2D eigenvalue weighted by Crippen LogP contribution is -2.20. The fraction of sp³-hybridized carbons (Fsp3) is 0.368. The van der Waals surface area contributed by atoms with Crippen LogP contribution >= 0.6 is 21.2 Å². The van der Waals surface area contributed by atoms with Gasteiger partial charge >= 0.3 is 0 Å². The average molecular weight is 332 g/mol. The predicted octanol–water partition coefficient (Wildman–Crippen LogP) is 5.07. The van der Waals surface area contributed by atoms with Gasteiger partial charge in [-0.05, 0) is 36.7 Å². The molecule has 0 aromatic heterocycles. The standard InChI is InChI=1S/C19H25OPS/c1-5-19(4,16-8-6-7-14(3)18(16)20)21-17-10-9-13(2)11-15(17)12-22/h6-11,20-22H,5,12H2,1-4H3. The van der Waals surface area contributed by atoms with Crippen molar-refractivity contribution in [3.63, 3.8) is 0 Å². The van der Waals surface area contributed by atoms with E-state index in [9.17, 15) is 5.11 Å². The molecule has 0 aliphatic rings. The first kappa shape index (κ1) is 17.4. The number of para-hydroxylation sites is 1. The second-order valence-electron chi connectivity index (χ2n) is 6.10. The molecule has 0 fully saturated rings. The molecule has 22 heavy (non-hydrogen) atoms. The van der Waals surface area contributed by atoms with Crippen molar-refractivity contribution >= 4 is 26.5 Å². The lowest BCUT2D eigenvalue weighted by Gasteiger charge is -2.31. The number of thiol groups is 1. The molecule has 0 amide bonds. The molecule has 2 rings (SSSR count). The minimum absolute atomic E-state index is 0.0525. The molecule has 1 nitrogen and oxygen atoms in total. The molecule has 2 atom stereocenters. The van der Waals surface area contributed by atoms with Crippen molar-refractivity contribution < 1.29 is 5.11 Å². The maximum Gasteiger partial charge on any atom is 0.122 e. The van der Waals surface area contributed by atoms with Crippen molar-refractivity contribution in [1.29, 1.82) is 0 Å². The van der Waals surface area contributed by atoms with Crippen molar-refractivity contribution in [2.24, 2.45) is 0 Å². The van der Waals surface area contributed by atoms with Crippen LogP contribution in [0.25, 0.3) is 0 Å². The first-order valence-corrected chi connectivity index (χ1v) is 9.32. The Bertz CT molecular complexity index is 668. The number of benzene rings is 2.